The van der Waals surface area contributed by atoms with Gasteiger partial charge in [-0.05, 0) is 42.5 Å². The fraction of sp³-hybridized carbons (Fsp3) is 0.111. The molecule has 146 valence electrons. The number of rotatable bonds is 6. The molecule has 28 heavy (non-hydrogen) atoms. The van der Waals surface area contributed by atoms with Gasteiger partial charge < -0.3 is 10.1 Å². The van der Waals surface area contributed by atoms with Crippen molar-refractivity contribution in [3.8, 4) is 0 Å². The third-order valence-corrected chi connectivity index (χ3v) is 6.16. The lowest BCUT2D eigenvalue weighted by atomic mass is 10.2. The molecule has 1 aromatic heterocycles. The summed E-state index contributed by atoms with van der Waals surface area (Å²) in [5.41, 5.74) is 1.11. The van der Waals surface area contributed by atoms with E-state index >= 15 is 0 Å². The smallest absolute Gasteiger partial charge is 0.324 e. The molecule has 0 aliphatic rings. The number of benzene rings is 2. The molecule has 0 fully saturated rings. The largest absolute Gasteiger partial charge is 0.480 e. The summed E-state index contributed by atoms with van der Waals surface area (Å²) in [6.07, 6.45) is 0. The molecular weight excluding hydrogens is 427 g/mol. The van der Waals surface area contributed by atoms with Gasteiger partial charge in [0.05, 0.1) is 16.3 Å². The van der Waals surface area contributed by atoms with E-state index in [1.54, 1.807) is 12.1 Å². The van der Waals surface area contributed by atoms with E-state index in [1.807, 2.05) is 0 Å². The van der Waals surface area contributed by atoms with Crippen molar-refractivity contribution in [3.63, 3.8) is 0 Å². The van der Waals surface area contributed by atoms with Crippen molar-refractivity contribution in [3.05, 3.63) is 58.2 Å². The molecule has 0 saturated heterocycles. The first-order chi connectivity index (χ1) is 13.1. The lowest BCUT2D eigenvalue weighted by Crippen LogP contribution is -2.35. The predicted octanol–water partition coefficient (Wildman–Crippen LogP) is 3.96. The molecule has 10 heteroatoms. The van der Waals surface area contributed by atoms with Gasteiger partial charge in [0.1, 0.15) is 6.54 Å². The van der Waals surface area contributed by atoms with E-state index in [9.17, 15) is 23.1 Å². The number of halogens is 2. The molecule has 0 unspecified atom stereocenters. The van der Waals surface area contributed by atoms with Crippen molar-refractivity contribution in [1.82, 2.24) is 4.98 Å². The molecule has 0 aliphatic carbocycles. The van der Waals surface area contributed by atoms with Gasteiger partial charge in [0.15, 0.2) is 5.78 Å². The molecule has 1 heterocycles. The van der Waals surface area contributed by atoms with Gasteiger partial charge >= 0.3 is 5.97 Å². The lowest BCUT2D eigenvalue weighted by Gasteiger charge is -2.23. The van der Waals surface area contributed by atoms with E-state index in [1.165, 1.54) is 37.3 Å². The van der Waals surface area contributed by atoms with Crippen molar-refractivity contribution in [2.75, 3.05) is 10.8 Å². The summed E-state index contributed by atoms with van der Waals surface area (Å²) >= 11 is 11.8. The maximum absolute atomic E-state index is 13.1. The van der Waals surface area contributed by atoms with Crippen LogP contribution in [0.1, 0.15) is 17.4 Å². The molecular formula is C18H14Cl2N2O5S. The number of Topliss-reactive ketones (excluding diaryl/α,β-unsaturated/α-hetero) is 1. The molecule has 2 N–H and O–H groups in total. The number of aliphatic carboxylic acids is 1. The van der Waals surface area contributed by atoms with Crippen LogP contribution in [0.3, 0.4) is 0 Å². The van der Waals surface area contributed by atoms with E-state index in [0.29, 0.717) is 16.6 Å². The predicted molar refractivity (Wildman–Crippen MR) is 107 cm³/mol. The van der Waals surface area contributed by atoms with E-state index in [-0.39, 0.29) is 26.4 Å². The van der Waals surface area contributed by atoms with Crippen LogP contribution in [0.15, 0.2) is 47.4 Å². The second kappa shape index (κ2) is 7.46. The zero-order chi connectivity index (χ0) is 20.6. The van der Waals surface area contributed by atoms with Gasteiger partial charge in [0.2, 0.25) is 0 Å². The Balaban J connectivity index is 2.15. The molecule has 0 amide bonds. The van der Waals surface area contributed by atoms with Crippen molar-refractivity contribution in [1.29, 1.82) is 0 Å². The molecule has 0 spiro atoms. The number of aromatic amines is 1. The van der Waals surface area contributed by atoms with Crippen LogP contribution in [-0.2, 0) is 14.8 Å². The van der Waals surface area contributed by atoms with Crippen LogP contribution < -0.4 is 4.31 Å². The molecule has 3 aromatic rings. The topological polar surface area (TPSA) is 108 Å². The van der Waals surface area contributed by atoms with Crippen molar-refractivity contribution in [2.45, 2.75) is 11.8 Å². The minimum atomic E-state index is -4.27. The van der Waals surface area contributed by atoms with Crippen LogP contribution in [0.25, 0.3) is 10.9 Å². The average molecular weight is 441 g/mol. The molecule has 0 atom stereocenters. The number of carbonyl (C=O) groups is 2. The molecule has 2 aromatic carbocycles. The van der Waals surface area contributed by atoms with Crippen LogP contribution in [0.5, 0.6) is 0 Å². The van der Waals surface area contributed by atoms with Gasteiger partial charge in [-0.15, -0.1) is 0 Å². The Hall–Kier alpha value is -2.55. The highest BCUT2D eigenvalue weighted by Gasteiger charge is 2.28. The Labute approximate surface area is 170 Å². The third-order valence-electron chi connectivity index (χ3n) is 3.97. The Kier molecular flexibility index (Phi) is 5.38. The number of hydrogen-bond donors (Lipinski definition) is 2. The van der Waals surface area contributed by atoms with E-state index in [2.05, 4.69) is 4.98 Å². The summed E-state index contributed by atoms with van der Waals surface area (Å²) in [4.78, 5) is 25.6. The monoisotopic (exact) mass is 440 g/mol. The van der Waals surface area contributed by atoms with Crippen LogP contribution in [0.4, 0.5) is 5.69 Å². The zero-order valence-corrected chi connectivity index (χ0v) is 16.8. The fourth-order valence-electron chi connectivity index (χ4n) is 2.71. The van der Waals surface area contributed by atoms with Crippen LogP contribution >= 0.6 is 23.2 Å². The van der Waals surface area contributed by atoms with Crippen LogP contribution in [-0.4, -0.2) is 36.8 Å². The zero-order valence-electron chi connectivity index (χ0n) is 14.4. The van der Waals surface area contributed by atoms with E-state index < -0.39 is 22.5 Å². The second-order valence-corrected chi connectivity index (χ2v) is 8.76. The van der Waals surface area contributed by atoms with E-state index in [0.717, 1.165) is 4.31 Å². The summed E-state index contributed by atoms with van der Waals surface area (Å²) in [5.74, 6) is -1.52. The summed E-state index contributed by atoms with van der Waals surface area (Å²) in [7, 11) is -4.27. The minimum absolute atomic E-state index is 0.105. The number of aromatic nitrogens is 1. The van der Waals surface area contributed by atoms with Gasteiger partial charge in [0.25, 0.3) is 10.0 Å². The summed E-state index contributed by atoms with van der Waals surface area (Å²) < 4.78 is 27.0. The van der Waals surface area contributed by atoms with Gasteiger partial charge in [0, 0.05) is 27.9 Å². The molecule has 7 nitrogen and oxygen atoms in total. The number of hydrogen-bond acceptors (Lipinski definition) is 4. The second-order valence-electron chi connectivity index (χ2n) is 6.02. The number of nitrogens with one attached hydrogen (secondary N) is 1. The standard InChI is InChI=1S/C18H14Cl2N2O5S/c1-10(23)17-5-11-4-14(2-3-16(11)21-17)22(9-18(24)25)28(26,27)15-7-12(19)6-13(20)8-15/h2-8,21H,9H2,1H3,(H,24,25). The van der Waals surface area contributed by atoms with Gasteiger partial charge in [-0.2, -0.15) is 0 Å². The van der Waals surface area contributed by atoms with Gasteiger partial charge in [-0.3, -0.25) is 13.9 Å². The number of sulfonamides is 1. The number of carboxylic acids is 1. The summed E-state index contributed by atoms with van der Waals surface area (Å²) in [6, 6.07) is 9.86. The molecule has 0 bridgehead atoms. The first-order valence-corrected chi connectivity index (χ1v) is 10.1. The normalized spacial score (nSPS) is 11.5. The number of H-pyrrole nitrogens is 1. The van der Waals surface area contributed by atoms with Crippen LogP contribution in [0.2, 0.25) is 10.0 Å². The first kappa shape index (κ1) is 20.2. The highest BCUT2D eigenvalue weighted by Crippen LogP contribution is 2.30. The Bertz CT molecular complexity index is 1180. The number of ketones is 1. The van der Waals surface area contributed by atoms with Crippen molar-refractivity contribution >= 4 is 61.6 Å². The van der Waals surface area contributed by atoms with E-state index in [4.69, 9.17) is 23.2 Å². The quantitative estimate of drug-likeness (QED) is 0.563. The molecule has 0 aliphatic heterocycles. The lowest BCUT2D eigenvalue weighted by molar-refractivity contribution is -0.135. The number of fused-ring (bicyclic) bond motifs is 1. The third kappa shape index (κ3) is 3.99. The highest BCUT2D eigenvalue weighted by molar-refractivity contribution is 7.92. The average Bonchev–Trinajstić information content (AvgIpc) is 3.02. The number of nitrogens with zero attached hydrogens (tertiary/aromatic N) is 1. The Morgan fingerprint density at radius 2 is 1.71 bits per heavy atom. The summed E-state index contributed by atoms with van der Waals surface area (Å²) in [6.45, 7) is 0.595. The maximum atomic E-state index is 13.1. The number of carboxylic acid groups (broad SMARTS) is 1. The first-order valence-electron chi connectivity index (χ1n) is 7.92. The number of carbonyl (C=O) groups excluding carboxylic acids is 1. The van der Waals surface area contributed by atoms with Gasteiger partial charge in [-0.25, -0.2) is 8.42 Å². The fourth-order valence-corrected chi connectivity index (χ4v) is 4.84. The minimum Gasteiger partial charge on any atom is -0.480 e. The van der Waals surface area contributed by atoms with Crippen molar-refractivity contribution < 1.29 is 23.1 Å². The Morgan fingerprint density at radius 1 is 1.07 bits per heavy atom. The molecule has 0 radical (unpaired) electrons. The highest BCUT2D eigenvalue weighted by atomic mass is 35.5. The maximum Gasteiger partial charge on any atom is 0.324 e. The van der Waals surface area contributed by atoms with Gasteiger partial charge in [-0.1, -0.05) is 23.2 Å². The van der Waals surface area contributed by atoms with Crippen molar-refractivity contribution in [2.24, 2.45) is 0 Å². The number of anilines is 1. The Morgan fingerprint density at radius 3 is 2.29 bits per heavy atom. The molecule has 0 saturated carbocycles. The SMILES string of the molecule is CC(=O)c1cc2cc(N(CC(=O)O)S(=O)(=O)c3cc(Cl)cc(Cl)c3)ccc2[nH]1. The van der Waals surface area contributed by atoms with Crippen LogP contribution in [0, 0.1) is 0 Å². The molecule has 3 rings (SSSR count). The summed E-state index contributed by atoms with van der Waals surface area (Å²) in [5, 5.41) is 10.0.